The van der Waals surface area contributed by atoms with Crippen LogP contribution >= 0.6 is 0 Å². The van der Waals surface area contributed by atoms with E-state index < -0.39 is 6.10 Å². The molecule has 0 saturated carbocycles. The van der Waals surface area contributed by atoms with E-state index in [1.165, 1.54) is 7.11 Å². The average Bonchev–Trinajstić information content (AvgIpc) is 2.16. The number of nitriles is 1. The summed E-state index contributed by atoms with van der Waals surface area (Å²) in [6.45, 7) is 2.32. The molecule has 1 unspecified atom stereocenters. The van der Waals surface area contributed by atoms with E-state index in [1.807, 2.05) is 0 Å². The Hall–Kier alpha value is -1.08. The molecule has 1 atom stereocenters. The fraction of sp³-hybridized carbons (Fsp3) is 0.778. The van der Waals surface area contributed by atoms with Gasteiger partial charge in [-0.15, -0.1) is 0 Å². The molecule has 4 heteroatoms. The van der Waals surface area contributed by atoms with Gasteiger partial charge in [-0.05, 0) is 19.8 Å². The highest BCUT2D eigenvalue weighted by atomic mass is 16.5. The molecule has 4 nitrogen and oxygen atoms in total. The summed E-state index contributed by atoms with van der Waals surface area (Å²) in [7, 11) is 1.50. The number of nitrogens with one attached hydrogen (secondary N) is 1. The summed E-state index contributed by atoms with van der Waals surface area (Å²) in [6.07, 6.45) is 1.83. The van der Waals surface area contributed by atoms with E-state index in [1.54, 1.807) is 6.92 Å². The Bertz CT molecular complexity index is 187. The number of rotatable bonds is 6. The van der Waals surface area contributed by atoms with Gasteiger partial charge in [0.1, 0.15) is 6.10 Å². The van der Waals surface area contributed by atoms with Crippen molar-refractivity contribution in [1.29, 1.82) is 5.26 Å². The van der Waals surface area contributed by atoms with Gasteiger partial charge in [0.15, 0.2) is 0 Å². The van der Waals surface area contributed by atoms with E-state index in [0.717, 1.165) is 12.8 Å². The number of carbonyl (C=O) groups excluding carboxylic acids is 1. The van der Waals surface area contributed by atoms with Gasteiger partial charge in [0, 0.05) is 20.1 Å². The third-order valence-corrected chi connectivity index (χ3v) is 1.74. The Labute approximate surface area is 78.9 Å². The topological polar surface area (TPSA) is 62.1 Å². The molecule has 0 rings (SSSR count). The van der Waals surface area contributed by atoms with Gasteiger partial charge in [0.2, 0.25) is 5.91 Å². The smallest absolute Gasteiger partial charge is 0.248 e. The molecule has 0 heterocycles. The third-order valence-electron chi connectivity index (χ3n) is 1.74. The Morgan fingerprint density at radius 3 is 2.85 bits per heavy atom. The molecule has 0 fully saturated rings. The summed E-state index contributed by atoms with van der Waals surface area (Å²) in [5, 5.41) is 11.0. The van der Waals surface area contributed by atoms with E-state index in [-0.39, 0.29) is 5.91 Å². The molecule has 0 aromatic heterocycles. The Balaban J connectivity index is 3.33. The van der Waals surface area contributed by atoms with Crippen LogP contribution in [0.15, 0.2) is 0 Å². The summed E-state index contributed by atoms with van der Waals surface area (Å²) < 4.78 is 4.83. The first kappa shape index (κ1) is 11.9. The van der Waals surface area contributed by atoms with Crippen LogP contribution in [-0.4, -0.2) is 25.7 Å². The van der Waals surface area contributed by atoms with E-state index in [2.05, 4.69) is 11.4 Å². The van der Waals surface area contributed by atoms with Crippen molar-refractivity contribution >= 4 is 5.91 Å². The van der Waals surface area contributed by atoms with E-state index in [4.69, 9.17) is 10.00 Å². The lowest BCUT2D eigenvalue weighted by Crippen LogP contribution is -2.34. The first-order chi connectivity index (χ1) is 6.22. The zero-order valence-electron chi connectivity index (χ0n) is 8.17. The fourth-order valence-corrected chi connectivity index (χ4v) is 0.791. The zero-order chi connectivity index (χ0) is 10.1. The molecular formula is C9H16N2O2. The molecule has 0 aliphatic carbocycles. The molecule has 0 aromatic carbocycles. The van der Waals surface area contributed by atoms with Crippen molar-refractivity contribution in [3.8, 4) is 6.07 Å². The average molecular weight is 184 g/mol. The molecule has 0 aliphatic rings. The van der Waals surface area contributed by atoms with Gasteiger partial charge in [-0.3, -0.25) is 4.79 Å². The summed E-state index contributed by atoms with van der Waals surface area (Å²) >= 11 is 0. The molecule has 0 spiro atoms. The van der Waals surface area contributed by atoms with Crippen molar-refractivity contribution in [2.45, 2.75) is 32.3 Å². The van der Waals surface area contributed by atoms with E-state index in [9.17, 15) is 4.79 Å². The van der Waals surface area contributed by atoms with Crippen molar-refractivity contribution < 1.29 is 9.53 Å². The van der Waals surface area contributed by atoms with Gasteiger partial charge in [0.25, 0.3) is 0 Å². The van der Waals surface area contributed by atoms with Crippen LogP contribution in [0.4, 0.5) is 0 Å². The number of hydrogen-bond donors (Lipinski definition) is 1. The lowest BCUT2D eigenvalue weighted by molar-refractivity contribution is -0.130. The van der Waals surface area contributed by atoms with Crippen molar-refractivity contribution in [3.63, 3.8) is 0 Å². The van der Waals surface area contributed by atoms with Gasteiger partial charge >= 0.3 is 0 Å². The second-order valence-electron chi connectivity index (χ2n) is 2.78. The number of carbonyl (C=O) groups is 1. The van der Waals surface area contributed by atoms with Crippen molar-refractivity contribution in [2.75, 3.05) is 13.7 Å². The largest absolute Gasteiger partial charge is 0.372 e. The summed E-state index contributed by atoms with van der Waals surface area (Å²) in [5.41, 5.74) is 0. The van der Waals surface area contributed by atoms with E-state index >= 15 is 0 Å². The normalized spacial score (nSPS) is 11.8. The van der Waals surface area contributed by atoms with Crippen LogP contribution in [0.2, 0.25) is 0 Å². The maximum Gasteiger partial charge on any atom is 0.248 e. The molecule has 74 valence electrons. The Morgan fingerprint density at radius 1 is 1.62 bits per heavy atom. The van der Waals surface area contributed by atoms with Crippen LogP contribution in [0, 0.1) is 11.3 Å². The first-order valence-corrected chi connectivity index (χ1v) is 4.39. The molecular weight excluding hydrogens is 168 g/mol. The summed E-state index contributed by atoms with van der Waals surface area (Å²) in [4.78, 5) is 11.1. The molecule has 1 amide bonds. The Morgan fingerprint density at radius 2 is 2.31 bits per heavy atom. The molecule has 0 aromatic rings. The van der Waals surface area contributed by atoms with Gasteiger partial charge in [0.05, 0.1) is 6.07 Å². The zero-order valence-corrected chi connectivity index (χ0v) is 8.17. The quantitative estimate of drug-likeness (QED) is 0.622. The van der Waals surface area contributed by atoms with Crippen molar-refractivity contribution in [3.05, 3.63) is 0 Å². The lowest BCUT2D eigenvalue weighted by atomic mass is 10.2. The standard InChI is InChI=1S/C9H16N2O2/c1-8(13-2)9(12)11-7-5-3-4-6-10/h8H,3-5,7H2,1-2H3,(H,11,12). The highest BCUT2D eigenvalue weighted by molar-refractivity contribution is 5.80. The minimum absolute atomic E-state index is 0.0977. The number of unbranched alkanes of at least 4 members (excludes halogenated alkanes) is 2. The van der Waals surface area contributed by atoms with Gasteiger partial charge in [-0.2, -0.15) is 5.26 Å². The minimum atomic E-state index is -0.393. The maximum atomic E-state index is 11.1. The predicted octanol–water partition coefficient (Wildman–Crippen LogP) is 0.831. The number of amides is 1. The fourth-order valence-electron chi connectivity index (χ4n) is 0.791. The monoisotopic (exact) mass is 184 g/mol. The number of hydrogen-bond acceptors (Lipinski definition) is 3. The molecule has 0 saturated heterocycles. The number of nitrogens with zero attached hydrogens (tertiary/aromatic N) is 1. The minimum Gasteiger partial charge on any atom is -0.372 e. The second-order valence-corrected chi connectivity index (χ2v) is 2.78. The molecule has 1 N–H and O–H groups in total. The number of ether oxygens (including phenoxy) is 1. The lowest BCUT2D eigenvalue weighted by Gasteiger charge is -2.09. The van der Waals surface area contributed by atoms with Crippen molar-refractivity contribution in [1.82, 2.24) is 5.32 Å². The van der Waals surface area contributed by atoms with Crippen LogP contribution < -0.4 is 5.32 Å². The van der Waals surface area contributed by atoms with Crippen LogP contribution in [-0.2, 0) is 9.53 Å². The Kier molecular flexibility index (Phi) is 6.93. The van der Waals surface area contributed by atoms with Crippen LogP contribution in [0.1, 0.15) is 26.2 Å². The first-order valence-electron chi connectivity index (χ1n) is 4.39. The van der Waals surface area contributed by atoms with E-state index in [0.29, 0.717) is 13.0 Å². The van der Waals surface area contributed by atoms with Crippen LogP contribution in [0.5, 0.6) is 0 Å². The second kappa shape index (κ2) is 7.56. The summed E-state index contributed by atoms with van der Waals surface area (Å²) in [5.74, 6) is -0.0977. The summed E-state index contributed by atoms with van der Waals surface area (Å²) in [6, 6.07) is 2.05. The molecule has 0 bridgehead atoms. The van der Waals surface area contributed by atoms with Crippen molar-refractivity contribution in [2.24, 2.45) is 0 Å². The predicted molar refractivity (Wildman–Crippen MR) is 48.9 cm³/mol. The molecule has 13 heavy (non-hydrogen) atoms. The van der Waals surface area contributed by atoms with Gasteiger partial charge in [-0.1, -0.05) is 0 Å². The highest BCUT2D eigenvalue weighted by Gasteiger charge is 2.09. The van der Waals surface area contributed by atoms with Crippen LogP contribution in [0.3, 0.4) is 0 Å². The highest BCUT2D eigenvalue weighted by Crippen LogP contribution is 1.92. The molecule has 0 aliphatic heterocycles. The SMILES string of the molecule is COC(C)C(=O)NCCCCC#N. The number of methoxy groups -OCH3 is 1. The maximum absolute atomic E-state index is 11.1. The van der Waals surface area contributed by atoms with Gasteiger partial charge < -0.3 is 10.1 Å². The molecule has 0 radical (unpaired) electrons. The van der Waals surface area contributed by atoms with Crippen LogP contribution in [0.25, 0.3) is 0 Å². The third kappa shape index (κ3) is 6.12. The van der Waals surface area contributed by atoms with Gasteiger partial charge in [-0.25, -0.2) is 0 Å².